The normalized spacial score (nSPS) is 10.5. The molecule has 3 aromatic rings. The zero-order chi connectivity index (χ0) is 16.1. The molecule has 3 aromatic carbocycles. The lowest BCUT2D eigenvalue weighted by atomic mass is 10.0. The molecule has 0 aromatic heterocycles. The number of hydrogen-bond donors (Lipinski definition) is 1. The standard InChI is InChI=1S/C21H21NO/c1-16-15-20(22)11-12-21(16)23-14-13-17-7-9-19(10-8-17)18-5-3-2-4-6-18/h2-12,15H,13-14,22H2,1H3. The van der Waals surface area contributed by atoms with Crippen LogP contribution in [0, 0.1) is 6.92 Å². The van der Waals surface area contributed by atoms with Crippen molar-refractivity contribution in [1.82, 2.24) is 0 Å². The molecule has 0 saturated heterocycles. The molecule has 2 N–H and O–H groups in total. The van der Waals surface area contributed by atoms with Crippen molar-refractivity contribution in [3.63, 3.8) is 0 Å². The molecule has 0 aliphatic heterocycles. The van der Waals surface area contributed by atoms with Gasteiger partial charge in [-0.1, -0.05) is 54.6 Å². The van der Waals surface area contributed by atoms with Crippen LogP contribution in [0.15, 0.2) is 72.8 Å². The van der Waals surface area contributed by atoms with E-state index in [1.807, 2.05) is 31.2 Å². The highest BCUT2D eigenvalue weighted by Gasteiger charge is 2.01. The van der Waals surface area contributed by atoms with Crippen LogP contribution in [0.5, 0.6) is 5.75 Å². The van der Waals surface area contributed by atoms with Gasteiger partial charge in [0.1, 0.15) is 5.75 Å². The molecule has 2 nitrogen and oxygen atoms in total. The first-order chi connectivity index (χ1) is 11.2. The van der Waals surface area contributed by atoms with Crippen molar-refractivity contribution >= 4 is 5.69 Å². The zero-order valence-electron chi connectivity index (χ0n) is 13.3. The summed E-state index contributed by atoms with van der Waals surface area (Å²) in [5, 5.41) is 0. The van der Waals surface area contributed by atoms with Gasteiger partial charge in [-0.3, -0.25) is 0 Å². The molecule has 0 radical (unpaired) electrons. The fourth-order valence-corrected chi connectivity index (χ4v) is 2.61. The van der Waals surface area contributed by atoms with Crippen molar-refractivity contribution in [2.45, 2.75) is 13.3 Å². The van der Waals surface area contributed by atoms with E-state index in [1.165, 1.54) is 16.7 Å². The SMILES string of the molecule is Cc1cc(N)ccc1OCCc1ccc(-c2ccccc2)cc1. The number of aryl methyl sites for hydroxylation is 1. The van der Waals surface area contributed by atoms with Gasteiger partial charge in [0.05, 0.1) is 6.61 Å². The quantitative estimate of drug-likeness (QED) is 0.683. The Bertz CT molecular complexity index is 764. The minimum atomic E-state index is 0.662. The maximum atomic E-state index is 5.86. The number of rotatable bonds is 5. The summed E-state index contributed by atoms with van der Waals surface area (Å²) in [6.07, 6.45) is 0.888. The van der Waals surface area contributed by atoms with Gasteiger partial charge in [-0.15, -0.1) is 0 Å². The van der Waals surface area contributed by atoms with Crippen molar-refractivity contribution < 1.29 is 4.74 Å². The van der Waals surface area contributed by atoms with Gasteiger partial charge >= 0.3 is 0 Å². The highest BCUT2D eigenvalue weighted by atomic mass is 16.5. The maximum absolute atomic E-state index is 5.86. The molecule has 0 aliphatic rings. The molecule has 0 unspecified atom stereocenters. The molecule has 0 aliphatic carbocycles. The van der Waals surface area contributed by atoms with Gasteiger partial charge < -0.3 is 10.5 Å². The van der Waals surface area contributed by atoms with E-state index in [-0.39, 0.29) is 0 Å². The number of anilines is 1. The van der Waals surface area contributed by atoms with Crippen LogP contribution in [0.3, 0.4) is 0 Å². The number of hydrogen-bond acceptors (Lipinski definition) is 2. The third kappa shape index (κ3) is 3.92. The van der Waals surface area contributed by atoms with Gasteiger partial charge in [0, 0.05) is 12.1 Å². The van der Waals surface area contributed by atoms with E-state index in [9.17, 15) is 0 Å². The average Bonchev–Trinajstić information content (AvgIpc) is 2.58. The predicted molar refractivity (Wildman–Crippen MR) is 96.7 cm³/mol. The summed E-state index contributed by atoms with van der Waals surface area (Å²) in [6.45, 7) is 2.68. The summed E-state index contributed by atoms with van der Waals surface area (Å²) < 4.78 is 5.86. The van der Waals surface area contributed by atoms with Crippen LogP contribution < -0.4 is 10.5 Å². The lowest BCUT2D eigenvalue weighted by molar-refractivity contribution is 0.320. The average molecular weight is 303 g/mol. The molecule has 0 fully saturated rings. The number of ether oxygens (including phenoxy) is 1. The highest BCUT2D eigenvalue weighted by Crippen LogP contribution is 2.21. The van der Waals surface area contributed by atoms with Crippen molar-refractivity contribution in [2.24, 2.45) is 0 Å². The number of benzene rings is 3. The Hall–Kier alpha value is -2.74. The summed E-state index contributed by atoms with van der Waals surface area (Å²) in [5.74, 6) is 0.903. The van der Waals surface area contributed by atoms with Crippen LogP contribution in [0.1, 0.15) is 11.1 Å². The molecule has 0 saturated carbocycles. The Morgan fingerprint density at radius 3 is 2.22 bits per heavy atom. The molecule has 0 spiro atoms. The first-order valence-corrected chi connectivity index (χ1v) is 7.86. The van der Waals surface area contributed by atoms with Crippen LogP contribution in [0.2, 0.25) is 0 Å². The molecule has 23 heavy (non-hydrogen) atoms. The zero-order valence-corrected chi connectivity index (χ0v) is 13.3. The van der Waals surface area contributed by atoms with Crippen LogP contribution in [-0.2, 0) is 6.42 Å². The van der Waals surface area contributed by atoms with E-state index in [0.717, 1.165) is 23.4 Å². The molecular weight excluding hydrogens is 282 g/mol. The smallest absolute Gasteiger partial charge is 0.122 e. The summed E-state index contributed by atoms with van der Waals surface area (Å²) >= 11 is 0. The van der Waals surface area contributed by atoms with Crippen molar-refractivity contribution in [2.75, 3.05) is 12.3 Å². The number of nitrogen functional groups attached to an aromatic ring is 1. The van der Waals surface area contributed by atoms with Crippen molar-refractivity contribution in [3.8, 4) is 16.9 Å². The summed E-state index contributed by atoms with van der Waals surface area (Å²) in [4.78, 5) is 0. The van der Waals surface area contributed by atoms with Crippen LogP contribution >= 0.6 is 0 Å². The molecule has 0 bridgehead atoms. The number of nitrogens with two attached hydrogens (primary N) is 1. The third-order valence-electron chi connectivity index (χ3n) is 3.91. The van der Waals surface area contributed by atoms with Crippen molar-refractivity contribution in [3.05, 3.63) is 83.9 Å². The Labute approximate surface area is 137 Å². The first-order valence-electron chi connectivity index (χ1n) is 7.86. The van der Waals surface area contributed by atoms with Gasteiger partial charge in [0.15, 0.2) is 0 Å². The predicted octanol–water partition coefficient (Wildman–Crippen LogP) is 4.87. The molecule has 3 rings (SSSR count). The molecule has 116 valence electrons. The minimum absolute atomic E-state index is 0.662. The van der Waals surface area contributed by atoms with E-state index in [4.69, 9.17) is 10.5 Å². The van der Waals surface area contributed by atoms with E-state index in [2.05, 4.69) is 48.5 Å². The second-order valence-electron chi connectivity index (χ2n) is 5.69. The van der Waals surface area contributed by atoms with E-state index >= 15 is 0 Å². The topological polar surface area (TPSA) is 35.2 Å². The Morgan fingerprint density at radius 2 is 1.52 bits per heavy atom. The van der Waals surface area contributed by atoms with Gasteiger partial charge in [-0.2, -0.15) is 0 Å². The van der Waals surface area contributed by atoms with Crippen molar-refractivity contribution in [1.29, 1.82) is 0 Å². The molecule has 0 heterocycles. The Balaban J connectivity index is 1.59. The fourth-order valence-electron chi connectivity index (χ4n) is 2.61. The van der Waals surface area contributed by atoms with Crippen LogP contribution in [0.4, 0.5) is 5.69 Å². The highest BCUT2D eigenvalue weighted by molar-refractivity contribution is 5.63. The van der Waals surface area contributed by atoms with E-state index in [0.29, 0.717) is 6.61 Å². The van der Waals surface area contributed by atoms with Crippen LogP contribution in [0.25, 0.3) is 11.1 Å². The molecule has 2 heteroatoms. The fraction of sp³-hybridized carbons (Fsp3) is 0.143. The first kappa shape index (κ1) is 15.2. The molecular formula is C21H21NO. The molecule has 0 atom stereocenters. The summed E-state index contributed by atoms with van der Waals surface area (Å²) in [7, 11) is 0. The van der Waals surface area contributed by atoms with Gasteiger partial charge in [0.2, 0.25) is 0 Å². The summed E-state index contributed by atoms with van der Waals surface area (Å²) in [5.41, 5.74) is 11.4. The van der Waals surface area contributed by atoms with Gasteiger partial charge in [-0.25, -0.2) is 0 Å². The second kappa shape index (κ2) is 7.01. The Morgan fingerprint density at radius 1 is 0.826 bits per heavy atom. The van der Waals surface area contributed by atoms with Crippen LogP contribution in [-0.4, -0.2) is 6.61 Å². The summed E-state index contributed by atoms with van der Waals surface area (Å²) in [6, 6.07) is 24.8. The van der Waals surface area contributed by atoms with E-state index in [1.54, 1.807) is 0 Å². The van der Waals surface area contributed by atoms with Gasteiger partial charge in [-0.05, 0) is 47.4 Å². The van der Waals surface area contributed by atoms with Gasteiger partial charge in [0.25, 0.3) is 0 Å². The maximum Gasteiger partial charge on any atom is 0.122 e. The Kier molecular flexibility index (Phi) is 4.62. The second-order valence-corrected chi connectivity index (χ2v) is 5.69. The monoisotopic (exact) mass is 303 g/mol. The molecule has 0 amide bonds. The van der Waals surface area contributed by atoms with E-state index < -0.39 is 0 Å². The lowest BCUT2D eigenvalue weighted by Crippen LogP contribution is -2.02. The lowest BCUT2D eigenvalue weighted by Gasteiger charge is -2.10. The largest absolute Gasteiger partial charge is 0.493 e. The third-order valence-corrected chi connectivity index (χ3v) is 3.91. The minimum Gasteiger partial charge on any atom is -0.493 e.